The Morgan fingerprint density at radius 2 is 2.12 bits per heavy atom. The van der Waals surface area contributed by atoms with Gasteiger partial charge in [-0.25, -0.2) is 14.8 Å². The van der Waals surface area contributed by atoms with E-state index in [-0.39, 0.29) is 18.1 Å². The number of alkyl carbamates (subject to hydrolysis) is 1. The van der Waals surface area contributed by atoms with Crippen molar-refractivity contribution in [3.8, 4) is 0 Å². The standard InChI is InChI=1S/C15H21ClN4O4/c1-15(2,3)24-14(23)17-5-4-9(21)12(22)8-6-18-11-10(8)19-7-20-13(11)16/h6-7,9,12,18,21-22H,4-5H2,1-3H3,(H,17,23). The molecule has 0 aliphatic rings. The van der Waals surface area contributed by atoms with Gasteiger partial charge in [0.1, 0.15) is 23.5 Å². The SMILES string of the molecule is CC(C)(C)OC(=O)NCCC(O)C(O)c1c[nH]c2c(Cl)ncnc12. The van der Waals surface area contributed by atoms with Gasteiger partial charge in [0.25, 0.3) is 0 Å². The van der Waals surface area contributed by atoms with Crippen molar-refractivity contribution in [2.75, 3.05) is 6.54 Å². The summed E-state index contributed by atoms with van der Waals surface area (Å²) in [4.78, 5) is 22.3. The number of fused-ring (bicyclic) bond motifs is 1. The molecule has 8 nitrogen and oxygen atoms in total. The van der Waals surface area contributed by atoms with Crippen molar-refractivity contribution in [3.63, 3.8) is 0 Å². The molecular formula is C15H21ClN4O4. The Hall–Kier alpha value is -1.90. The van der Waals surface area contributed by atoms with Crippen molar-refractivity contribution < 1.29 is 19.7 Å². The highest BCUT2D eigenvalue weighted by Crippen LogP contribution is 2.28. The van der Waals surface area contributed by atoms with Crippen molar-refractivity contribution in [3.05, 3.63) is 23.2 Å². The number of H-pyrrole nitrogens is 1. The zero-order valence-corrected chi connectivity index (χ0v) is 14.5. The molecule has 2 heterocycles. The number of aliphatic hydroxyl groups is 2. The maximum Gasteiger partial charge on any atom is 0.407 e. The number of nitrogens with zero attached hydrogens (tertiary/aromatic N) is 2. The summed E-state index contributed by atoms with van der Waals surface area (Å²) in [6.07, 6.45) is 0.117. The van der Waals surface area contributed by atoms with Crippen molar-refractivity contribution in [1.29, 1.82) is 0 Å². The van der Waals surface area contributed by atoms with E-state index < -0.39 is 23.9 Å². The first-order chi connectivity index (χ1) is 11.2. The Kier molecular flexibility index (Phi) is 5.63. The van der Waals surface area contributed by atoms with Gasteiger partial charge in [-0.2, -0.15) is 0 Å². The Morgan fingerprint density at radius 1 is 1.42 bits per heavy atom. The van der Waals surface area contributed by atoms with E-state index in [9.17, 15) is 15.0 Å². The first-order valence-corrected chi connectivity index (χ1v) is 7.87. The van der Waals surface area contributed by atoms with Crippen LogP contribution in [0, 0.1) is 0 Å². The Balaban J connectivity index is 1.93. The van der Waals surface area contributed by atoms with Crippen LogP contribution in [0.25, 0.3) is 11.0 Å². The maximum atomic E-state index is 11.5. The van der Waals surface area contributed by atoms with Crippen LogP contribution in [-0.4, -0.2) is 49.5 Å². The van der Waals surface area contributed by atoms with Gasteiger partial charge < -0.3 is 25.3 Å². The molecule has 0 aliphatic heterocycles. The quantitative estimate of drug-likeness (QED) is 0.607. The topological polar surface area (TPSA) is 120 Å². The number of halogens is 1. The molecule has 2 atom stereocenters. The van der Waals surface area contributed by atoms with Crippen LogP contribution in [0.3, 0.4) is 0 Å². The number of aliphatic hydroxyl groups excluding tert-OH is 2. The van der Waals surface area contributed by atoms with Crippen LogP contribution in [0.15, 0.2) is 12.5 Å². The van der Waals surface area contributed by atoms with Gasteiger partial charge in [-0.15, -0.1) is 0 Å². The third kappa shape index (κ3) is 4.56. The summed E-state index contributed by atoms with van der Waals surface area (Å²) in [6, 6.07) is 0. The second kappa shape index (κ2) is 7.33. The number of nitrogens with one attached hydrogen (secondary N) is 2. The number of carbonyl (C=O) groups excluding carboxylic acids is 1. The minimum absolute atomic E-state index is 0.145. The lowest BCUT2D eigenvalue weighted by Crippen LogP contribution is -2.34. The first-order valence-electron chi connectivity index (χ1n) is 7.49. The van der Waals surface area contributed by atoms with E-state index in [1.54, 1.807) is 20.8 Å². The third-order valence-electron chi connectivity index (χ3n) is 3.24. The summed E-state index contributed by atoms with van der Waals surface area (Å²) in [5.74, 6) is 0. The predicted octanol–water partition coefficient (Wildman–Crippen LogP) is 1.92. The monoisotopic (exact) mass is 356 g/mol. The lowest BCUT2D eigenvalue weighted by Gasteiger charge is -2.21. The molecule has 4 N–H and O–H groups in total. The van der Waals surface area contributed by atoms with E-state index in [0.29, 0.717) is 16.6 Å². The van der Waals surface area contributed by atoms with Gasteiger partial charge in [-0.1, -0.05) is 11.6 Å². The van der Waals surface area contributed by atoms with Crippen LogP contribution in [0.5, 0.6) is 0 Å². The molecule has 0 saturated heterocycles. The number of aromatic nitrogens is 3. The number of ether oxygens (including phenoxy) is 1. The highest BCUT2D eigenvalue weighted by Gasteiger charge is 2.23. The number of hydrogen-bond donors (Lipinski definition) is 4. The second-order valence-electron chi connectivity index (χ2n) is 6.36. The van der Waals surface area contributed by atoms with Crippen LogP contribution in [-0.2, 0) is 4.74 Å². The van der Waals surface area contributed by atoms with Gasteiger partial charge in [-0.05, 0) is 27.2 Å². The van der Waals surface area contributed by atoms with Crippen LogP contribution in [0.4, 0.5) is 4.79 Å². The van der Waals surface area contributed by atoms with Gasteiger partial charge in [0.15, 0.2) is 5.15 Å². The second-order valence-corrected chi connectivity index (χ2v) is 6.72. The first kappa shape index (κ1) is 18.4. The molecule has 9 heteroatoms. The minimum atomic E-state index is -1.18. The summed E-state index contributed by atoms with van der Waals surface area (Å²) in [6.45, 7) is 5.44. The van der Waals surface area contributed by atoms with Crippen molar-refractivity contribution in [2.24, 2.45) is 0 Å². The molecule has 0 spiro atoms. The summed E-state index contributed by atoms with van der Waals surface area (Å²) in [5.41, 5.74) is 0.763. The van der Waals surface area contributed by atoms with Crippen molar-refractivity contribution in [2.45, 2.75) is 45.0 Å². The fourth-order valence-electron chi connectivity index (χ4n) is 2.16. The van der Waals surface area contributed by atoms with Crippen molar-refractivity contribution in [1.82, 2.24) is 20.3 Å². The molecule has 0 aliphatic carbocycles. The molecule has 2 unspecified atom stereocenters. The van der Waals surface area contributed by atoms with E-state index in [1.807, 2.05) is 0 Å². The average molecular weight is 357 g/mol. The van der Waals surface area contributed by atoms with Gasteiger partial charge in [0, 0.05) is 18.3 Å². The lowest BCUT2D eigenvalue weighted by atomic mass is 10.0. The molecule has 0 saturated carbocycles. The van der Waals surface area contributed by atoms with E-state index in [2.05, 4.69) is 20.3 Å². The molecule has 132 valence electrons. The fourth-order valence-corrected chi connectivity index (χ4v) is 2.34. The number of rotatable bonds is 5. The molecule has 2 aromatic heterocycles. The predicted molar refractivity (Wildman–Crippen MR) is 88.7 cm³/mol. The summed E-state index contributed by atoms with van der Waals surface area (Å²) < 4.78 is 5.09. The molecule has 24 heavy (non-hydrogen) atoms. The van der Waals surface area contributed by atoms with Gasteiger partial charge in [0.2, 0.25) is 0 Å². The number of amides is 1. The van der Waals surface area contributed by atoms with Crippen LogP contribution in [0.2, 0.25) is 5.15 Å². The molecule has 2 aromatic rings. The summed E-state index contributed by atoms with van der Waals surface area (Å²) >= 11 is 5.94. The number of aromatic amines is 1. The molecule has 1 amide bonds. The largest absolute Gasteiger partial charge is 0.444 e. The zero-order valence-electron chi connectivity index (χ0n) is 13.7. The molecular weight excluding hydrogens is 336 g/mol. The normalized spacial score (nSPS) is 14.4. The Labute approximate surface area is 144 Å². The summed E-state index contributed by atoms with van der Waals surface area (Å²) in [5, 5.41) is 23.2. The molecule has 2 rings (SSSR count). The van der Waals surface area contributed by atoms with Crippen LogP contribution < -0.4 is 5.32 Å². The number of carbonyl (C=O) groups is 1. The molecule has 0 bridgehead atoms. The summed E-state index contributed by atoms with van der Waals surface area (Å²) in [7, 11) is 0. The zero-order chi connectivity index (χ0) is 17.9. The van der Waals surface area contributed by atoms with Gasteiger partial charge in [0.05, 0.1) is 11.6 Å². The highest BCUT2D eigenvalue weighted by atomic mass is 35.5. The van der Waals surface area contributed by atoms with E-state index >= 15 is 0 Å². The Morgan fingerprint density at radius 3 is 2.79 bits per heavy atom. The van der Waals surface area contributed by atoms with Crippen molar-refractivity contribution >= 4 is 28.7 Å². The maximum absolute atomic E-state index is 11.5. The minimum Gasteiger partial charge on any atom is -0.444 e. The smallest absolute Gasteiger partial charge is 0.407 e. The van der Waals surface area contributed by atoms with E-state index in [0.717, 1.165) is 0 Å². The highest BCUT2D eigenvalue weighted by molar-refractivity contribution is 6.33. The fraction of sp³-hybridized carbons (Fsp3) is 0.533. The van der Waals surface area contributed by atoms with Crippen LogP contribution >= 0.6 is 11.6 Å². The van der Waals surface area contributed by atoms with Gasteiger partial charge >= 0.3 is 6.09 Å². The number of hydrogen-bond acceptors (Lipinski definition) is 6. The van der Waals surface area contributed by atoms with Gasteiger partial charge in [-0.3, -0.25) is 0 Å². The molecule has 0 fully saturated rings. The molecule has 0 aromatic carbocycles. The Bertz CT molecular complexity index is 713. The molecule has 0 radical (unpaired) electrons. The van der Waals surface area contributed by atoms with E-state index in [1.165, 1.54) is 12.5 Å². The van der Waals surface area contributed by atoms with E-state index in [4.69, 9.17) is 16.3 Å². The van der Waals surface area contributed by atoms with Crippen LogP contribution in [0.1, 0.15) is 38.9 Å². The lowest BCUT2D eigenvalue weighted by molar-refractivity contribution is 0.0130. The third-order valence-corrected chi connectivity index (χ3v) is 3.52. The average Bonchev–Trinajstić information content (AvgIpc) is 2.89.